The van der Waals surface area contributed by atoms with E-state index < -0.39 is 0 Å². The van der Waals surface area contributed by atoms with Crippen LogP contribution >= 0.6 is 15.9 Å². The Morgan fingerprint density at radius 3 is 3.00 bits per heavy atom. The Bertz CT molecular complexity index is 675. The summed E-state index contributed by atoms with van der Waals surface area (Å²) >= 11 is 3.45. The minimum atomic E-state index is 0.350. The zero-order valence-corrected chi connectivity index (χ0v) is 12.6. The summed E-state index contributed by atoms with van der Waals surface area (Å²) in [6.45, 7) is 0. The van der Waals surface area contributed by atoms with Gasteiger partial charge in [0.1, 0.15) is 0 Å². The summed E-state index contributed by atoms with van der Waals surface area (Å²) in [5.41, 5.74) is 8.77. The first kappa shape index (κ1) is 12.4. The van der Waals surface area contributed by atoms with Gasteiger partial charge in [0.25, 0.3) is 0 Å². The Hall–Kier alpha value is -1.33. The first-order chi connectivity index (χ1) is 9.70. The normalized spacial score (nSPS) is 28.1. The zero-order chi connectivity index (χ0) is 13.7. The fraction of sp³-hybridized carbons (Fsp3) is 0.400. The average molecular weight is 334 g/mol. The van der Waals surface area contributed by atoms with E-state index in [9.17, 15) is 0 Å². The SMILES string of the molecule is Nc1ccc(NC2CC3CCC2O3)c2ncc(Br)cc12. The molecule has 1 aromatic heterocycles. The Balaban J connectivity index is 1.71. The lowest BCUT2D eigenvalue weighted by Gasteiger charge is -2.22. The van der Waals surface area contributed by atoms with Crippen molar-refractivity contribution >= 4 is 38.2 Å². The van der Waals surface area contributed by atoms with Crippen molar-refractivity contribution in [3.05, 3.63) is 28.9 Å². The summed E-state index contributed by atoms with van der Waals surface area (Å²) < 4.78 is 6.84. The Morgan fingerprint density at radius 2 is 2.25 bits per heavy atom. The molecule has 2 bridgehead atoms. The molecule has 0 aliphatic carbocycles. The third kappa shape index (κ3) is 1.96. The van der Waals surface area contributed by atoms with Crippen molar-refractivity contribution in [2.45, 2.75) is 37.5 Å². The van der Waals surface area contributed by atoms with Crippen LogP contribution < -0.4 is 11.1 Å². The van der Waals surface area contributed by atoms with Crippen LogP contribution in [0.1, 0.15) is 19.3 Å². The van der Waals surface area contributed by atoms with Gasteiger partial charge in [0.2, 0.25) is 0 Å². The molecule has 3 heterocycles. The average Bonchev–Trinajstić information content (AvgIpc) is 3.04. The van der Waals surface area contributed by atoms with Crippen LogP contribution in [0.5, 0.6) is 0 Å². The van der Waals surface area contributed by atoms with Gasteiger partial charge in [-0.2, -0.15) is 0 Å². The van der Waals surface area contributed by atoms with Crippen LogP contribution in [-0.2, 0) is 4.74 Å². The number of pyridine rings is 1. The molecular formula is C15H16BrN3O. The van der Waals surface area contributed by atoms with Crippen LogP contribution in [0.2, 0.25) is 0 Å². The summed E-state index contributed by atoms with van der Waals surface area (Å²) in [4.78, 5) is 4.52. The molecule has 2 aliphatic heterocycles. The number of nitrogens with two attached hydrogens (primary N) is 1. The molecule has 3 N–H and O–H groups in total. The minimum Gasteiger partial charge on any atom is -0.398 e. The molecule has 2 fully saturated rings. The number of halogens is 1. The van der Waals surface area contributed by atoms with E-state index >= 15 is 0 Å². The lowest BCUT2D eigenvalue weighted by atomic mass is 9.95. The lowest BCUT2D eigenvalue weighted by molar-refractivity contribution is 0.102. The molecule has 3 unspecified atom stereocenters. The molecule has 5 heteroatoms. The van der Waals surface area contributed by atoms with Gasteiger partial charge in [-0.3, -0.25) is 4.98 Å². The molecule has 2 aliphatic rings. The number of anilines is 2. The monoisotopic (exact) mass is 333 g/mol. The number of fused-ring (bicyclic) bond motifs is 3. The van der Waals surface area contributed by atoms with Crippen molar-refractivity contribution in [3.8, 4) is 0 Å². The highest BCUT2D eigenvalue weighted by Gasteiger charge is 2.40. The second-order valence-electron chi connectivity index (χ2n) is 5.61. The van der Waals surface area contributed by atoms with Gasteiger partial charge in [0, 0.05) is 21.7 Å². The third-order valence-corrected chi connectivity index (χ3v) is 4.73. The molecule has 0 spiro atoms. The van der Waals surface area contributed by atoms with Crippen LogP contribution in [0.15, 0.2) is 28.9 Å². The number of benzene rings is 1. The zero-order valence-electron chi connectivity index (χ0n) is 11.0. The second kappa shape index (κ2) is 4.60. The molecule has 0 radical (unpaired) electrons. The van der Waals surface area contributed by atoms with E-state index in [4.69, 9.17) is 10.5 Å². The van der Waals surface area contributed by atoms with Crippen LogP contribution in [0.3, 0.4) is 0 Å². The first-order valence-electron chi connectivity index (χ1n) is 6.96. The fourth-order valence-electron chi connectivity index (χ4n) is 3.32. The highest BCUT2D eigenvalue weighted by molar-refractivity contribution is 9.10. The molecule has 4 nitrogen and oxygen atoms in total. The third-order valence-electron chi connectivity index (χ3n) is 4.30. The van der Waals surface area contributed by atoms with Crippen LogP contribution in [0.25, 0.3) is 10.9 Å². The van der Waals surface area contributed by atoms with Crippen molar-refractivity contribution in [2.24, 2.45) is 0 Å². The molecule has 0 amide bonds. The number of ether oxygens (including phenoxy) is 1. The summed E-state index contributed by atoms with van der Waals surface area (Å²) in [7, 11) is 0. The minimum absolute atomic E-state index is 0.350. The van der Waals surface area contributed by atoms with Gasteiger partial charge in [-0.1, -0.05) is 0 Å². The Kier molecular flexibility index (Phi) is 2.86. The number of nitrogens with one attached hydrogen (secondary N) is 1. The summed E-state index contributed by atoms with van der Waals surface area (Å²) in [5.74, 6) is 0. The Morgan fingerprint density at radius 1 is 1.35 bits per heavy atom. The number of nitrogen functional groups attached to an aromatic ring is 1. The Labute approximate surface area is 125 Å². The highest BCUT2D eigenvalue weighted by Crippen LogP contribution is 2.37. The van der Waals surface area contributed by atoms with Gasteiger partial charge in [-0.15, -0.1) is 0 Å². The maximum atomic E-state index is 6.05. The second-order valence-corrected chi connectivity index (χ2v) is 6.53. The molecule has 0 saturated carbocycles. The molecule has 20 heavy (non-hydrogen) atoms. The van der Waals surface area contributed by atoms with E-state index in [0.29, 0.717) is 18.2 Å². The number of hydrogen-bond acceptors (Lipinski definition) is 4. The van der Waals surface area contributed by atoms with E-state index in [1.54, 1.807) is 0 Å². The summed E-state index contributed by atoms with van der Waals surface area (Å²) in [6, 6.07) is 6.36. The van der Waals surface area contributed by atoms with E-state index in [1.165, 1.54) is 6.42 Å². The number of aromatic nitrogens is 1. The first-order valence-corrected chi connectivity index (χ1v) is 7.76. The predicted octanol–water partition coefficient (Wildman–Crippen LogP) is 3.31. The van der Waals surface area contributed by atoms with E-state index in [-0.39, 0.29) is 0 Å². The van der Waals surface area contributed by atoms with E-state index in [2.05, 4.69) is 26.2 Å². The van der Waals surface area contributed by atoms with Crippen molar-refractivity contribution in [2.75, 3.05) is 11.1 Å². The quantitative estimate of drug-likeness (QED) is 0.827. The molecular weight excluding hydrogens is 318 g/mol. The van der Waals surface area contributed by atoms with Crippen molar-refractivity contribution < 1.29 is 4.74 Å². The van der Waals surface area contributed by atoms with E-state index in [0.717, 1.165) is 39.6 Å². The molecule has 1 aromatic carbocycles. The maximum Gasteiger partial charge on any atom is 0.0954 e. The standard InChI is InChI=1S/C15H16BrN3O/c16-8-5-10-11(17)2-3-12(15(10)18-7-8)19-13-6-9-1-4-14(13)20-9/h2-3,5,7,9,13-14,19H,1,4,6,17H2. The smallest absolute Gasteiger partial charge is 0.0954 e. The van der Waals surface area contributed by atoms with Crippen molar-refractivity contribution in [1.82, 2.24) is 4.98 Å². The van der Waals surface area contributed by atoms with Gasteiger partial charge >= 0.3 is 0 Å². The van der Waals surface area contributed by atoms with Crippen LogP contribution in [-0.4, -0.2) is 23.2 Å². The molecule has 4 rings (SSSR count). The lowest BCUT2D eigenvalue weighted by Crippen LogP contribution is -2.30. The van der Waals surface area contributed by atoms with Gasteiger partial charge in [-0.25, -0.2) is 0 Å². The molecule has 3 atom stereocenters. The summed E-state index contributed by atoms with van der Waals surface area (Å²) in [5, 5.41) is 4.58. The molecule has 2 aromatic rings. The van der Waals surface area contributed by atoms with Gasteiger partial charge in [0.15, 0.2) is 0 Å². The van der Waals surface area contributed by atoms with Gasteiger partial charge in [0.05, 0.1) is 29.5 Å². The fourth-order valence-corrected chi connectivity index (χ4v) is 3.65. The van der Waals surface area contributed by atoms with Gasteiger partial charge in [-0.05, 0) is 53.4 Å². The number of nitrogens with zero attached hydrogens (tertiary/aromatic N) is 1. The maximum absolute atomic E-state index is 6.05. The number of hydrogen-bond donors (Lipinski definition) is 2. The van der Waals surface area contributed by atoms with Gasteiger partial charge < -0.3 is 15.8 Å². The molecule has 2 saturated heterocycles. The van der Waals surface area contributed by atoms with E-state index in [1.807, 2.05) is 24.4 Å². The molecule has 104 valence electrons. The van der Waals surface area contributed by atoms with Crippen LogP contribution in [0.4, 0.5) is 11.4 Å². The van der Waals surface area contributed by atoms with Crippen molar-refractivity contribution in [1.29, 1.82) is 0 Å². The topological polar surface area (TPSA) is 60.2 Å². The number of rotatable bonds is 2. The van der Waals surface area contributed by atoms with Crippen molar-refractivity contribution in [3.63, 3.8) is 0 Å². The van der Waals surface area contributed by atoms with Crippen LogP contribution in [0, 0.1) is 0 Å². The summed E-state index contributed by atoms with van der Waals surface area (Å²) in [6.07, 6.45) is 6.06. The highest BCUT2D eigenvalue weighted by atomic mass is 79.9. The largest absolute Gasteiger partial charge is 0.398 e. The predicted molar refractivity (Wildman–Crippen MR) is 83.8 cm³/mol.